The first-order valence-corrected chi connectivity index (χ1v) is 11.1. The second-order valence-corrected chi connectivity index (χ2v) is 9.60. The molecule has 0 radical (unpaired) electrons. The van der Waals surface area contributed by atoms with E-state index in [4.69, 9.17) is 4.74 Å². The van der Waals surface area contributed by atoms with Gasteiger partial charge in [0.05, 0.1) is 24.3 Å². The number of aliphatic hydroxyl groups excluding tert-OH is 1. The van der Waals surface area contributed by atoms with Crippen molar-refractivity contribution in [3.8, 4) is 5.75 Å². The summed E-state index contributed by atoms with van der Waals surface area (Å²) >= 11 is 0. The van der Waals surface area contributed by atoms with Crippen molar-refractivity contribution in [2.24, 2.45) is 0 Å². The van der Waals surface area contributed by atoms with Crippen LogP contribution < -0.4 is 4.74 Å². The molecule has 1 N–H and O–H groups in total. The number of aromatic nitrogens is 1. The summed E-state index contributed by atoms with van der Waals surface area (Å²) in [7, 11) is 1.53. The van der Waals surface area contributed by atoms with Gasteiger partial charge in [0.1, 0.15) is 11.5 Å². The van der Waals surface area contributed by atoms with Crippen LogP contribution in [0.2, 0.25) is 0 Å². The number of hydrogen-bond donors (Lipinski definition) is 1. The Balaban J connectivity index is 1.93. The Kier molecular flexibility index (Phi) is 5.80. The van der Waals surface area contributed by atoms with E-state index in [1.165, 1.54) is 7.11 Å². The Hall–Kier alpha value is -3.15. The highest BCUT2D eigenvalue weighted by molar-refractivity contribution is 6.46. The van der Waals surface area contributed by atoms with Gasteiger partial charge in [-0.15, -0.1) is 0 Å². The summed E-state index contributed by atoms with van der Waals surface area (Å²) in [5.41, 5.74) is 2.05. The van der Waals surface area contributed by atoms with Gasteiger partial charge in [-0.3, -0.25) is 14.6 Å². The maximum absolute atomic E-state index is 13.3. The molecule has 1 aliphatic carbocycles. The lowest BCUT2D eigenvalue weighted by Gasteiger charge is -2.30. The largest absolute Gasteiger partial charge is 0.507 e. The number of benzene rings is 1. The Morgan fingerprint density at radius 2 is 1.88 bits per heavy atom. The third-order valence-electron chi connectivity index (χ3n) is 6.52. The minimum absolute atomic E-state index is 0.0234. The zero-order valence-electron chi connectivity index (χ0n) is 19.1. The molecule has 2 aliphatic rings. The number of rotatable bonds is 4. The second-order valence-electron chi connectivity index (χ2n) is 9.60. The van der Waals surface area contributed by atoms with E-state index in [1.807, 2.05) is 18.2 Å². The quantitative estimate of drug-likeness (QED) is 0.427. The van der Waals surface area contributed by atoms with Crippen LogP contribution in [-0.4, -0.2) is 39.8 Å². The van der Waals surface area contributed by atoms with E-state index >= 15 is 0 Å². The molecule has 0 spiro atoms. The first-order chi connectivity index (χ1) is 15.2. The standard InChI is InChI=1S/C26H30N2O4/c1-26(2,3)17-11-12-20(32-4)19(14-17)23(29)21-22(16-8-7-13-27-15-16)28(25(31)24(21)30)18-9-5-6-10-18/h7-8,11-15,18,22,29H,5-6,9-10H2,1-4H3/b23-21+. The number of aliphatic hydroxyl groups is 1. The number of ketones is 1. The molecule has 2 fully saturated rings. The molecule has 6 heteroatoms. The number of hydrogen-bond acceptors (Lipinski definition) is 5. The number of ether oxygens (including phenoxy) is 1. The zero-order valence-corrected chi connectivity index (χ0v) is 19.1. The highest BCUT2D eigenvalue weighted by atomic mass is 16.5. The fourth-order valence-corrected chi connectivity index (χ4v) is 4.78. The number of nitrogens with zero attached hydrogens (tertiary/aromatic N) is 2. The van der Waals surface area contributed by atoms with Crippen molar-refractivity contribution in [1.82, 2.24) is 9.88 Å². The number of pyridine rings is 1. The van der Waals surface area contributed by atoms with E-state index in [9.17, 15) is 14.7 Å². The van der Waals surface area contributed by atoms with Crippen molar-refractivity contribution in [2.75, 3.05) is 7.11 Å². The van der Waals surface area contributed by atoms with Crippen molar-refractivity contribution in [2.45, 2.75) is 64.0 Å². The molecule has 1 aliphatic heterocycles. The van der Waals surface area contributed by atoms with Crippen LogP contribution in [0.3, 0.4) is 0 Å². The molecule has 1 saturated heterocycles. The summed E-state index contributed by atoms with van der Waals surface area (Å²) in [6.07, 6.45) is 7.07. The molecular formula is C26H30N2O4. The van der Waals surface area contributed by atoms with Gasteiger partial charge in [-0.2, -0.15) is 0 Å². The van der Waals surface area contributed by atoms with E-state index in [0.29, 0.717) is 16.9 Å². The highest BCUT2D eigenvalue weighted by Gasteiger charge is 2.49. The molecule has 1 atom stereocenters. The van der Waals surface area contributed by atoms with Crippen molar-refractivity contribution in [1.29, 1.82) is 0 Å². The number of carbonyl (C=O) groups is 2. The minimum atomic E-state index is -0.671. The SMILES string of the molecule is COc1ccc(C(C)(C)C)cc1/C(O)=C1\C(=O)C(=O)N(C2CCCC2)C1c1cccnc1. The summed E-state index contributed by atoms with van der Waals surface area (Å²) < 4.78 is 5.51. The minimum Gasteiger partial charge on any atom is -0.507 e. The number of likely N-dealkylation sites (tertiary alicyclic amines) is 1. The Morgan fingerprint density at radius 3 is 2.47 bits per heavy atom. The van der Waals surface area contributed by atoms with E-state index in [-0.39, 0.29) is 22.8 Å². The van der Waals surface area contributed by atoms with Gasteiger partial charge in [0.2, 0.25) is 0 Å². The maximum Gasteiger partial charge on any atom is 0.295 e. The molecule has 2 heterocycles. The highest BCUT2D eigenvalue weighted by Crippen LogP contribution is 2.44. The lowest BCUT2D eigenvalue weighted by atomic mass is 9.85. The van der Waals surface area contributed by atoms with Crippen LogP contribution in [0.25, 0.3) is 5.76 Å². The summed E-state index contributed by atoms with van der Waals surface area (Å²) in [4.78, 5) is 32.3. The summed E-state index contributed by atoms with van der Waals surface area (Å²) in [5, 5.41) is 11.5. The van der Waals surface area contributed by atoms with Crippen LogP contribution in [0.5, 0.6) is 5.75 Å². The van der Waals surface area contributed by atoms with Crippen molar-refractivity contribution >= 4 is 17.4 Å². The molecule has 4 rings (SSSR count). The van der Waals surface area contributed by atoms with Gasteiger partial charge in [0.25, 0.3) is 11.7 Å². The monoisotopic (exact) mass is 434 g/mol. The zero-order chi connectivity index (χ0) is 23.0. The maximum atomic E-state index is 13.3. The second kappa shape index (κ2) is 8.41. The van der Waals surface area contributed by atoms with E-state index in [2.05, 4.69) is 25.8 Å². The Labute approximate surface area is 188 Å². The Bertz CT molecular complexity index is 1060. The lowest BCUT2D eigenvalue weighted by Crippen LogP contribution is -2.37. The lowest BCUT2D eigenvalue weighted by molar-refractivity contribution is -0.141. The van der Waals surface area contributed by atoms with Crippen molar-refractivity contribution in [3.63, 3.8) is 0 Å². The first-order valence-electron chi connectivity index (χ1n) is 11.1. The van der Waals surface area contributed by atoms with Crippen LogP contribution in [0.1, 0.15) is 69.2 Å². The molecule has 0 bridgehead atoms. The van der Waals surface area contributed by atoms with Crippen molar-refractivity contribution < 1.29 is 19.4 Å². The van der Waals surface area contributed by atoms with Gasteiger partial charge < -0.3 is 14.7 Å². The smallest absolute Gasteiger partial charge is 0.295 e. The van der Waals surface area contributed by atoms with Gasteiger partial charge >= 0.3 is 0 Å². The third-order valence-corrected chi connectivity index (χ3v) is 6.52. The van der Waals surface area contributed by atoms with Crippen LogP contribution in [0, 0.1) is 0 Å². The molecule has 1 amide bonds. The molecule has 32 heavy (non-hydrogen) atoms. The topological polar surface area (TPSA) is 79.7 Å². The third kappa shape index (κ3) is 3.78. The predicted octanol–water partition coefficient (Wildman–Crippen LogP) is 4.75. The molecule has 168 valence electrons. The summed E-state index contributed by atoms with van der Waals surface area (Å²) in [6, 6.07) is 8.52. The van der Waals surface area contributed by atoms with Crippen LogP contribution >= 0.6 is 0 Å². The first kappa shape index (κ1) is 22.1. The molecule has 1 aromatic heterocycles. The summed E-state index contributed by atoms with van der Waals surface area (Å²) in [5.74, 6) is -0.974. The number of amides is 1. The van der Waals surface area contributed by atoms with E-state index < -0.39 is 17.7 Å². The van der Waals surface area contributed by atoms with Crippen LogP contribution in [0.4, 0.5) is 0 Å². The normalized spacial score (nSPS) is 21.4. The molecule has 1 unspecified atom stereocenters. The van der Waals surface area contributed by atoms with Gasteiger partial charge in [-0.1, -0.05) is 45.7 Å². The fourth-order valence-electron chi connectivity index (χ4n) is 4.78. The predicted molar refractivity (Wildman–Crippen MR) is 122 cm³/mol. The average Bonchev–Trinajstić information content (AvgIpc) is 3.39. The fraction of sp³-hybridized carbons (Fsp3) is 0.423. The van der Waals surface area contributed by atoms with E-state index in [1.54, 1.807) is 29.4 Å². The van der Waals surface area contributed by atoms with E-state index in [0.717, 1.165) is 31.2 Å². The van der Waals surface area contributed by atoms with Crippen LogP contribution in [0.15, 0.2) is 48.3 Å². The number of methoxy groups -OCH3 is 1. The van der Waals surface area contributed by atoms with Gasteiger partial charge in [-0.05, 0) is 47.6 Å². The molecule has 1 aromatic carbocycles. The molecule has 1 saturated carbocycles. The molecule has 6 nitrogen and oxygen atoms in total. The van der Waals surface area contributed by atoms with Crippen LogP contribution in [-0.2, 0) is 15.0 Å². The van der Waals surface area contributed by atoms with Gasteiger partial charge in [0.15, 0.2) is 0 Å². The number of Topliss-reactive ketones (excluding diaryl/α,β-unsaturated/α-hetero) is 1. The van der Waals surface area contributed by atoms with Crippen molar-refractivity contribution in [3.05, 3.63) is 65.0 Å². The molecule has 2 aromatic rings. The average molecular weight is 435 g/mol. The number of carbonyl (C=O) groups excluding carboxylic acids is 2. The summed E-state index contributed by atoms with van der Waals surface area (Å²) in [6.45, 7) is 6.23. The Morgan fingerprint density at radius 1 is 1.16 bits per heavy atom. The van der Waals surface area contributed by atoms with Gasteiger partial charge in [-0.25, -0.2) is 0 Å². The molecular weight excluding hydrogens is 404 g/mol. The van der Waals surface area contributed by atoms with Gasteiger partial charge in [0, 0.05) is 18.4 Å².